The molecule has 1 aromatic carbocycles. The van der Waals surface area contributed by atoms with Crippen LogP contribution in [0.15, 0.2) is 41.3 Å². The Morgan fingerprint density at radius 2 is 1.89 bits per heavy atom. The van der Waals surface area contributed by atoms with Crippen molar-refractivity contribution in [3.05, 3.63) is 47.2 Å². The minimum atomic E-state index is -3.74. The number of nitrogen functional groups attached to an aromatic ring is 1. The maximum atomic E-state index is 12.2. The molecule has 0 spiro atoms. The summed E-state index contributed by atoms with van der Waals surface area (Å²) in [4.78, 5) is 4.01. The van der Waals surface area contributed by atoms with Crippen LogP contribution in [0.2, 0.25) is 5.15 Å². The number of pyridine rings is 1. The van der Waals surface area contributed by atoms with Gasteiger partial charge in [-0.05, 0) is 31.2 Å². The van der Waals surface area contributed by atoms with Crippen LogP contribution in [0, 0.1) is 6.92 Å². The lowest BCUT2D eigenvalue weighted by atomic mass is 10.3. The summed E-state index contributed by atoms with van der Waals surface area (Å²) in [6, 6.07) is 9.32. The summed E-state index contributed by atoms with van der Waals surface area (Å²) in [6.45, 7) is 1.66. The van der Waals surface area contributed by atoms with E-state index in [9.17, 15) is 8.42 Å². The molecule has 0 fully saturated rings. The Bertz CT molecular complexity index is 717. The minimum Gasteiger partial charge on any atom is -0.398 e. The van der Waals surface area contributed by atoms with Gasteiger partial charge < -0.3 is 5.73 Å². The molecule has 2 rings (SSSR count). The van der Waals surface area contributed by atoms with Crippen molar-refractivity contribution in [1.82, 2.24) is 4.98 Å². The predicted octanol–water partition coefficient (Wildman–Crippen LogP) is 2.43. The summed E-state index contributed by atoms with van der Waals surface area (Å²) in [5, 5.41) is 0.305. The second kappa shape index (κ2) is 5.07. The molecule has 0 saturated heterocycles. The molecule has 100 valence electrons. The van der Waals surface area contributed by atoms with Crippen molar-refractivity contribution in [2.24, 2.45) is 0 Å². The molecule has 7 heteroatoms. The first-order valence-electron chi connectivity index (χ1n) is 5.40. The van der Waals surface area contributed by atoms with E-state index >= 15 is 0 Å². The van der Waals surface area contributed by atoms with Crippen LogP contribution in [0.3, 0.4) is 0 Å². The van der Waals surface area contributed by atoms with E-state index in [2.05, 4.69) is 9.71 Å². The van der Waals surface area contributed by atoms with Gasteiger partial charge in [0.15, 0.2) is 0 Å². The van der Waals surface area contributed by atoms with Crippen molar-refractivity contribution in [3.8, 4) is 0 Å². The fourth-order valence-corrected chi connectivity index (χ4v) is 3.00. The lowest BCUT2D eigenvalue weighted by Gasteiger charge is -2.11. The SMILES string of the molecule is Cc1nc(Cl)ccc1NS(=O)(=O)c1ccccc1N. The summed E-state index contributed by atoms with van der Waals surface area (Å²) in [6.07, 6.45) is 0. The molecule has 0 bridgehead atoms. The summed E-state index contributed by atoms with van der Waals surface area (Å²) in [7, 11) is -3.74. The number of rotatable bonds is 3. The number of sulfonamides is 1. The first-order valence-corrected chi connectivity index (χ1v) is 7.27. The number of para-hydroxylation sites is 1. The summed E-state index contributed by atoms with van der Waals surface area (Å²) >= 11 is 5.72. The molecule has 1 aromatic heterocycles. The van der Waals surface area contributed by atoms with E-state index < -0.39 is 10.0 Å². The molecule has 0 aliphatic heterocycles. The Hall–Kier alpha value is -1.79. The lowest BCUT2D eigenvalue weighted by molar-refractivity contribution is 0.601. The highest BCUT2D eigenvalue weighted by molar-refractivity contribution is 7.92. The second-order valence-electron chi connectivity index (χ2n) is 3.91. The van der Waals surface area contributed by atoms with Gasteiger partial charge in [0.25, 0.3) is 10.0 Å². The largest absolute Gasteiger partial charge is 0.398 e. The smallest absolute Gasteiger partial charge is 0.264 e. The van der Waals surface area contributed by atoms with Crippen LogP contribution < -0.4 is 10.5 Å². The number of benzene rings is 1. The van der Waals surface area contributed by atoms with E-state index in [1.54, 1.807) is 25.1 Å². The zero-order valence-electron chi connectivity index (χ0n) is 10.1. The number of anilines is 2. The Balaban J connectivity index is 2.40. The van der Waals surface area contributed by atoms with Gasteiger partial charge in [-0.15, -0.1) is 0 Å². The van der Waals surface area contributed by atoms with Crippen LogP contribution in [0.1, 0.15) is 5.69 Å². The van der Waals surface area contributed by atoms with Gasteiger partial charge in [0.2, 0.25) is 0 Å². The van der Waals surface area contributed by atoms with Gasteiger partial charge in [-0.1, -0.05) is 23.7 Å². The summed E-state index contributed by atoms with van der Waals surface area (Å²) < 4.78 is 26.9. The number of nitrogens with zero attached hydrogens (tertiary/aromatic N) is 1. The van der Waals surface area contributed by atoms with Crippen LogP contribution in [0.5, 0.6) is 0 Å². The van der Waals surface area contributed by atoms with Gasteiger partial charge in [0.05, 0.1) is 17.1 Å². The fourth-order valence-electron chi connectivity index (χ4n) is 1.56. The van der Waals surface area contributed by atoms with Gasteiger partial charge in [-0.3, -0.25) is 4.72 Å². The van der Waals surface area contributed by atoms with E-state index in [1.165, 1.54) is 18.2 Å². The molecular formula is C12H12ClN3O2S. The molecule has 3 N–H and O–H groups in total. The molecule has 0 amide bonds. The van der Waals surface area contributed by atoms with E-state index in [0.717, 1.165) is 0 Å². The Morgan fingerprint density at radius 1 is 1.21 bits per heavy atom. The van der Waals surface area contributed by atoms with Gasteiger partial charge in [0.1, 0.15) is 10.0 Å². The molecule has 5 nitrogen and oxygen atoms in total. The predicted molar refractivity (Wildman–Crippen MR) is 75.6 cm³/mol. The van der Waals surface area contributed by atoms with Crippen LogP contribution >= 0.6 is 11.6 Å². The van der Waals surface area contributed by atoms with Gasteiger partial charge >= 0.3 is 0 Å². The molecule has 0 unspecified atom stereocenters. The molecule has 1 heterocycles. The molecule has 2 aromatic rings. The molecule has 0 aliphatic rings. The van der Waals surface area contributed by atoms with Gasteiger partial charge in [-0.25, -0.2) is 13.4 Å². The second-order valence-corrected chi connectivity index (χ2v) is 5.95. The third-order valence-electron chi connectivity index (χ3n) is 2.50. The summed E-state index contributed by atoms with van der Waals surface area (Å²) in [5.74, 6) is 0. The van der Waals surface area contributed by atoms with Crippen molar-refractivity contribution in [2.75, 3.05) is 10.5 Å². The van der Waals surface area contributed by atoms with Crippen LogP contribution in [-0.4, -0.2) is 13.4 Å². The lowest BCUT2D eigenvalue weighted by Crippen LogP contribution is -2.15. The van der Waals surface area contributed by atoms with E-state index in [-0.39, 0.29) is 10.6 Å². The average Bonchev–Trinajstić information content (AvgIpc) is 2.33. The number of aryl methyl sites for hydroxylation is 1. The van der Waals surface area contributed by atoms with Crippen LogP contribution in [0.4, 0.5) is 11.4 Å². The van der Waals surface area contributed by atoms with Crippen molar-refractivity contribution >= 4 is 33.0 Å². The zero-order valence-corrected chi connectivity index (χ0v) is 11.7. The highest BCUT2D eigenvalue weighted by Crippen LogP contribution is 2.23. The molecule has 0 atom stereocenters. The van der Waals surface area contributed by atoms with E-state index in [4.69, 9.17) is 17.3 Å². The average molecular weight is 298 g/mol. The standard InChI is InChI=1S/C12H12ClN3O2S/c1-8-10(6-7-12(13)15-8)16-19(17,18)11-5-3-2-4-9(11)14/h2-7,16H,14H2,1H3. The Morgan fingerprint density at radius 3 is 2.53 bits per heavy atom. The number of aromatic nitrogens is 1. The molecule has 0 saturated carbocycles. The normalized spacial score (nSPS) is 11.3. The Kier molecular flexibility index (Phi) is 3.64. The highest BCUT2D eigenvalue weighted by atomic mass is 35.5. The number of halogens is 1. The third-order valence-corrected chi connectivity index (χ3v) is 4.15. The van der Waals surface area contributed by atoms with Crippen molar-refractivity contribution in [3.63, 3.8) is 0 Å². The molecule has 0 aliphatic carbocycles. The molecular weight excluding hydrogens is 286 g/mol. The Labute approximate surface area is 116 Å². The van der Waals surface area contributed by atoms with Crippen LogP contribution in [0.25, 0.3) is 0 Å². The maximum Gasteiger partial charge on any atom is 0.264 e. The first-order chi connectivity index (χ1) is 8.90. The van der Waals surface area contributed by atoms with Crippen LogP contribution in [-0.2, 0) is 10.0 Å². The van der Waals surface area contributed by atoms with E-state index in [1.807, 2.05) is 0 Å². The first kappa shape index (κ1) is 13.6. The number of nitrogens with two attached hydrogens (primary N) is 1. The quantitative estimate of drug-likeness (QED) is 0.673. The third kappa shape index (κ3) is 2.97. The van der Waals surface area contributed by atoms with Gasteiger partial charge in [-0.2, -0.15) is 0 Å². The van der Waals surface area contributed by atoms with Gasteiger partial charge in [0, 0.05) is 0 Å². The number of hydrogen-bond donors (Lipinski definition) is 2. The monoisotopic (exact) mass is 297 g/mol. The molecule has 19 heavy (non-hydrogen) atoms. The number of nitrogens with one attached hydrogen (secondary N) is 1. The highest BCUT2D eigenvalue weighted by Gasteiger charge is 2.18. The van der Waals surface area contributed by atoms with Crippen molar-refractivity contribution in [2.45, 2.75) is 11.8 Å². The van der Waals surface area contributed by atoms with E-state index in [0.29, 0.717) is 16.5 Å². The summed E-state index contributed by atoms with van der Waals surface area (Å²) in [5.41, 5.74) is 6.72. The fraction of sp³-hybridized carbons (Fsp3) is 0.0833. The van der Waals surface area contributed by atoms with Crippen molar-refractivity contribution in [1.29, 1.82) is 0 Å². The zero-order chi connectivity index (χ0) is 14.0. The topological polar surface area (TPSA) is 85.1 Å². The van der Waals surface area contributed by atoms with Crippen molar-refractivity contribution < 1.29 is 8.42 Å². The number of hydrogen-bond acceptors (Lipinski definition) is 4. The maximum absolute atomic E-state index is 12.2. The molecule has 0 radical (unpaired) electrons. The minimum absolute atomic E-state index is 0.0318.